The molecule has 0 saturated carbocycles. The van der Waals surface area contributed by atoms with Gasteiger partial charge in [-0.15, -0.1) is 0 Å². The number of aliphatic hydroxyl groups excluding tert-OH is 2. The molecule has 98 valence electrons. The molecule has 0 radical (unpaired) electrons. The molecular formula is C12H13BrO5. The molecule has 0 aromatic heterocycles. The predicted molar refractivity (Wildman–Crippen MR) is 67.5 cm³/mol. The molecule has 0 spiro atoms. The van der Waals surface area contributed by atoms with Gasteiger partial charge in [0.2, 0.25) is 0 Å². The van der Waals surface area contributed by atoms with Crippen LogP contribution in [0.3, 0.4) is 0 Å². The Morgan fingerprint density at radius 2 is 2.00 bits per heavy atom. The molecule has 1 atom stereocenters. The van der Waals surface area contributed by atoms with E-state index in [4.69, 9.17) is 10.2 Å². The molecule has 0 bridgehead atoms. The van der Waals surface area contributed by atoms with Gasteiger partial charge in [0.25, 0.3) is 0 Å². The smallest absolute Gasteiger partial charge is 0.337 e. The number of Topliss-reactive ketones (excluding diaryl/α,β-unsaturated/α-hetero) is 1. The molecule has 3 N–H and O–H groups in total. The number of carboxylic acid groups (broad SMARTS) is 1. The van der Waals surface area contributed by atoms with Crippen molar-refractivity contribution in [2.45, 2.75) is 19.1 Å². The number of hydrogen-bond acceptors (Lipinski definition) is 4. The number of carbonyl (C=O) groups is 2. The summed E-state index contributed by atoms with van der Waals surface area (Å²) in [5.41, 5.74) is 1.16. The van der Waals surface area contributed by atoms with E-state index in [2.05, 4.69) is 15.9 Å². The van der Waals surface area contributed by atoms with Gasteiger partial charge in [-0.1, -0.05) is 34.1 Å². The highest BCUT2D eigenvalue weighted by Gasteiger charge is 2.20. The van der Waals surface area contributed by atoms with Gasteiger partial charge < -0.3 is 15.3 Å². The number of hydrogen-bond donors (Lipinski definition) is 3. The number of benzene rings is 1. The second-order valence-corrected chi connectivity index (χ2v) is 4.34. The minimum atomic E-state index is -1.67. The Hall–Kier alpha value is -1.24. The minimum absolute atomic E-state index is 0.0127. The van der Waals surface area contributed by atoms with Crippen LogP contribution in [0.4, 0.5) is 0 Å². The van der Waals surface area contributed by atoms with E-state index in [9.17, 15) is 14.7 Å². The summed E-state index contributed by atoms with van der Waals surface area (Å²) in [5.74, 6) is -1.51. The van der Waals surface area contributed by atoms with Gasteiger partial charge in [-0.2, -0.15) is 0 Å². The zero-order chi connectivity index (χ0) is 13.7. The maximum Gasteiger partial charge on any atom is 0.337 e. The van der Waals surface area contributed by atoms with Crippen LogP contribution in [-0.4, -0.2) is 32.4 Å². The first-order chi connectivity index (χ1) is 8.49. The number of carbonyl (C=O) groups excluding carboxylic acids is 1. The Kier molecular flexibility index (Phi) is 5.46. The van der Waals surface area contributed by atoms with E-state index in [-0.39, 0.29) is 29.7 Å². The lowest BCUT2D eigenvalue weighted by atomic mass is 9.96. The van der Waals surface area contributed by atoms with Gasteiger partial charge in [0.1, 0.15) is 5.78 Å². The van der Waals surface area contributed by atoms with E-state index < -0.39 is 12.1 Å². The van der Waals surface area contributed by atoms with Crippen molar-refractivity contribution < 1.29 is 24.9 Å². The second-order valence-electron chi connectivity index (χ2n) is 3.78. The number of rotatable bonds is 6. The third-order valence-corrected chi connectivity index (χ3v) is 3.08. The number of ketones is 1. The van der Waals surface area contributed by atoms with Crippen LogP contribution in [0.5, 0.6) is 0 Å². The van der Waals surface area contributed by atoms with Crippen LogP contribution < -0.4 is 0 Å². The summed E-state index contributed by atoms with van der Waals surface area (Å²) >= 11 is 3.02. The first-order valence-corrected chi connectivity index (χ1v) is 6.32. The van der Waals surface area contributed by atoms with Crippen molar-refractivity contribution in [2.75, 3.05) is 5.33 Å². The zero-order valence-corrected chi connectivity index (χ0v) is 11.1. The van der Waals surface area contributed by atoms with Gasteiger partial charge in [-0.3, -0.25) is 4.79 Å². The number of carboxylic acids is 1. The number of halogens is 1. The molecule has 0 amide bonds. The summed E-state index contributed by atoms with van der Waals surface area (Å²) in [6, 6.07) is 4.47. The number of aliphatic carboxylic acids is 1. The molecule has 0 aliphatic carbocycles. The van der Waals surface area contributed by atoms with E-state index in [1.54, 1.807) is 0 Å². The van der Waals surface area contributed by atoms with Gasteiger partial charge in [-0.05, 0) is 16.7 Å². The highest BCUT2D eigenvalue weighted by atomic mass is 79.9. The summed E-state index contributed by atoms with van der Waals surface area (Å²) in [6.07, 6.45) is -1.66. The Labute approximate surface area is 112 Å². The van der Waals surface area contributed by atoms with Crippen molar-refractivity contribution in [3.63, 3.8) is 0 Å². The summed E-state index contributed by atoms with van der Waals surface area (Å²) in [4.78, 5) is 22.2. The van der Waals surface area contributed by atoms with Gasteiger partial charge >= 0.3 is 5.97 Å². The molecule has 1 aromatic carbocycles. The fraction of sp³-hybridized carbons (Fsp3) is 0.333. The minimum Gasteiger partial charge on any atom is -0.479 e. The molecule has 0 fully saturated rings. The summed E-state index contributed by atoms with van der Waals surface area (Å²) in [6.45, 7) is -0.209. The molecule has 5 nitrogen and oxygen atoms in total. The van der Waals surface area contributed by atoms with Crippen molar-refractivity contribution >= 4 is 27.7 Å². The van der Waals surface area contributed by atoms with Gasteiger partial charge in [0.05, 0.1) is 11.9 Å². The maximum atomic E-state index is 11.4. The van der Waals surface area contributed by atoms with Crippen LogP contribution >= 0.6 is 15.9 Å². The fourth-order valence-electron chi connectivity index (χ4n) is 1.57. The van der Waals surface area contributed by atoms with Crippen molar-refractivity contribution in [3.05, 3.63) is 34.9 Å². The van der Waals surface area contributed by atoms with Crippen LogP contribution in [0.25, 0.3) is 0 Å². The molecule has 1 unspecified atom stereocenters. The summed E-state index contributed by atoms with van der Waals surface area (Å²) in [5, 5.41) is 27.5. The first-order valence-electron chi connectivity index (χ1n) is 5.20. The van der Waals surface area contributed by atoms with Crippen molar-refractivity contribution in [3.8, 4) is 0 Å². The molecule has 0 aliphatic rings. The number of alkyl halides is 1. The quantitative estimate of drug-likeness (QED) is 0.675. The second kappa shape index (κ2) is 6.63. The highest BCUT2D eigenvalue weighted by molar-refractivity contribution is 9.09. The topological polar surface area (TPSA) is 94.8 Å². The van der Waals surface area contributed by atoms with E-state index >= 15 is 0 Å². The van der Waals surface area contributed by atoms with E-state index in [0.29, 0.717) is 11.1 Å². The third kappa shape index (κ3) is 3.63. The summed E-state index contributed by atoms with van der Waals surface area (Å²) < 4.78 is 0. The van der Waals surface area contributed by atoms with Gasteiger partial charge in [-0.25, -0.2) is 4.79 Å². The van der Waals surface area contributed by atoms with Crippen molar-refractivity contribution in [2.24, 2.45) is 0 Å². The Morgan fingerprint density at radius 1 is 1.33 bits per heavy atom. The predicted octanol–water partition coefficient (Wildman–Crippen LogP) is 0.803. The average molecular weight is 317 g/mol. The van der Waals surface area contributed by atoms with Crippen LogP contribution in [0.15, 0.2) is 18.2 Å². The molecule has 1 aromatic rings. The van der Waals surface area contributed by atoms with Crippen LogP contribution in [0.1, 0.15) is 22.8 Å². The maximum absolute atomic E-state index is 11.4. The standard InChI is InChI=1S/C12H13BrO5/c13-5-9(15)4-8-3-7(6-14)1-2-10(8)11(16)12(17)18/h1-3,11,14,16H,4-6H2,(H,17,18). The zero-order valence-electron chi connectivity index (χ0n) is 9.47. The lowest BCUT2D eigenvalue weighted by molar-refractivity contribution is -0.147. The van der Waals surface area contributed by atoms with Gasteiger partial charge in [0, 0.05) is 6.42 Å². The van der Waals surface area contributed by atoms with Crippen LogP contribution in [0.2, 0.25) is 0 Å². The van der Waals surface area contributed by atoms with E-state index in [1.807, 2.05) is 0 Å². The van der Waals surface area contributed by atoms with Crippen molar-refractivity contribution in [1.82, 2.24) is 0 Å². The normalized spacial score (nSPS) is 12.2. The average Bonchev–Trinajstić information content (AvgIpc) is 2.37. The first kappa shape index (κ1) is 14.8. The highest BCUT2D eigenvalue weighted by Crippen LogP contribution is 2.21. The molecular weight excluding hydrogens is 304 g/mol. The largest absolute Gasteiger partial charge is 0.479 e. The molecule has 0 saturated heterocycles. The molecule has 18 heavy (non-hydrogen) atoms. The Morgan fingerprint density at radius 3 is 2.50 bits per heavy atom. The summed E-state index contributed by atoms with van der Waals surface area (Å²) in [7, 11) is 0. The SMILES string of the molecule is O=C(CBr)Cc1cc(CO)ccc1C(O)C(=O)O. The lowest BCUT2D eigenvalue weighted by Crippen LogP contribution is -2.15. The Bertz CT molecular complexity index is 458. The van der Waals surface area contributed by atoms with E-state index in [1.165, 1.54) is 18.2 Å². The molecule has 6 heteroatoms. The monoisotopic (exact) mass is 316 g/mol. The van der Waals surface area contributed by atoms with Crippen LogP contribution in [-0.2, 0) is 22.6 Å². The third-order valence-electron chi connectivity index (χ3n) is 2.46. The van der Waals surface area contributed by atoms with E-state index in [0.717, 1.165) is 0 Å². The molecule has 0 aliphatic heterocycles. The van der Waals surface area contributed by atoms with Crippen molar-refractivity contribution in [1.29, 1.82) is 0 Å². The lowest BCUT2D eigenvalue weighted by Gasteiger charge is -2.13. The Balaban J connectivity index is 3.15. The molecule has 0 heterocycles. The van der Waals surface area contributed by atoms with Gasteiger partial charge in [0.15, 0.2) is 6.10 Å². The van der Waals surface area contributed by atoms with Crippen LogP contribution in [0, 0.1) is 0 Å². The molecule has 1 rings (SSSR count). The number of aliphatic hydroxyl groups is 2. The fourth-order valence-corrected chi connectivity index (χ4v) is 1.77.